The molecule has 0 atom stereocenters. The number of halogens is 2. The van der Waals surface area contributed by atoms with Crippen molar-refractivity contribution in [2.24, 2.45) is 0 Å². The third kappa shape index (κ3) is 5.21. The van der Waals surface area contributed by atoms with Crippen molar-refractivity contribution in [1.82, 2.24) is 19.1 Å². The highest BCUT2D eigenvalue weighted by Gasteiger charge is 2.29. The number of imidazole rings is 2. The van der Waals surface area contributed by atoms with Gasteiger partial charge in [-0.05, 0) is 86.3 Å². The Morgan fingerprint density at radius 1 is 0.976 bits per heavy atom. The molecule has 1 aliphatic rings. The second-order valence-corrected chi connectivity index (χ2v) is 12.9. The zero-order valence-electron chi connectivity index (χ0n) is 22.8. The van der Waals surface area contributed by atoms with Crippen LogP contribution in [-0.2, 0) is 16.4 Å². The summed E-state index contributed by atoms with van der Waals surface area (Å²) in [6, 6.07) is 15.8. The van der Waals surface area contributed by atoms with Crippen LogP contribution in [0.5, 0.6) is 0 Å². The minimum atomic E-state index is -3.80. The van der Waals surface area contributed by atoms with Crippen LogP contribution in [0.4, 0.5) is 4.39 Å². The smallest absolute Gasteiger partial charge is 0.176 e. The molecule has 0 unspecified atom stereocenters. The summed E-state index contributed by atoms with van der Waals surface area (Å²) in [5.74, 6) is 1.09. The van der Waals surface area contributed by atoms with Gasteiger partial charge in [-0.15, -0.1) is 0 Å². The molecule has 0 aliphatic heterocycles. The van der Waals surface area contributed by atoms with E-state index in [2.05, 4.69) is 11.2 Å². The fourth-order valence-electron chi connectivity index (χ4n) is 5.19. The van der Waals surface area contributed by atoms with E-state index in [0.717, 1.165) is 53.2 Å². The molecule has 0 bridgehead atoms. The van der Waals surface area contributed by atoms with Crippen molar-refractivity contribution in [2.45, 2.75) is 44.1 Å². The van der Waals surface area contributed by atoms with Crippen molar-refractivity contribution in [3.63, 3.8) is 0 Å². The Balaban J connectivity index is 1.62. The molecular formula is C31H28ClFN4O3S. The summed E-state index contributed by atoms with van der Waals surface area (Å²) in [7, 11) is -3.80. The average Bonchev–Trinajstić information content (AvgIpc) is 3.60. The van der Waals surface area contributed by atoms with Gasteiger partial charge in [0.15, 0.2) is 9.84 Å². The SMILES string of the molecule is Cc1cn(-c2ccc(-c3cc(F)c(CO)c(S(C)(=O)=O)c3)cc2-c2nc(C3CC3)cn2-c2ccc(Cl)cc2)c(C)n1. The molecule has 3 aromatic carbocycles. The normalized spacial score (nSPS) is 13.6. The van der Waals surface area contributed by atoms with Crippen LogP contribution in [0.25, 0.3) is 33.9 Å². The van der Waals surface area contributed by atoms with Gasteiger partial charge < -0.3 is 9.67 Å². The molecule has 5 aromatic rings. The molecule has 0 radical (unpaired) electrons. The van der Waals surface area contributed by atoms with Gasteiger partial charge in [0, 0.05) is 46.4 Å². The number of benzene rings is 3. The number of aryl methyl sites for hydroxylation is 2. The monoisotopic (exact) mass is 590 g/mol. The summed E-state index contributed by atoms with van der Waals surface area (Å²) in [6.07, 6.45) is 7.16. The predicted molar refractivity (Wildman–Crippen MR) is 157 cm³/mol. The zero-order chi connectivity index (χ0) is 29.1. The summed E-state index contributed by atoms with van der Waals surface area (Å²) in [5, 5.41) is 10.3. The first-order valence-electron chi connectivity index (χ1n) is 13.2. The summed E-state index contributed by atoms with van der Waals surface area (Å²) >= 11 is 6.19. The van der Waals surface area contributed by atoms with Gasteiger partial charge in [0.2, 0.25) is 0 Å². The molecule has 41 heavy (non-hydrogen) atoms. The number of aromatic nitrogens is 4. The van der Waals surface area contributed by atoms with Crippen molar-refractivity contribution in [3.8, 4) is 33.9 Å². The lowest BCUT2D eigenvalue weighted by Gasteiger charge is -2.16. The summed E-state index contributed by atoms with van der Waals surface area (Å²) in [6.45, 7) is 3.13. The van der Waals surface area contributed by atoms with Gasteiger partial charge in [0.25, 0.3) is 0 Å². The van der Waals surface area contributed by atoms with Crippen molar-refractivity contribution in [2.75, 3.05) is 6.26 Å². The molecule has 1 aliphatic carbocycles. The molecule has 6 rings (SSSR count). The zero-order valence-corrected chi connectivity index (χ0v) is 24.3. The molecule has 0 saturated heterocycles. The molecule has 2 aromatic heterocycles. The van der Waals surface area contributed by atoms with Gasteiger partial charge in [0.05, 0.1) is 28.6 Å². The van der Waals surface area contributed by atoms with Gasteiger partial charge in [-0.1, -0.05) is 17.7 Å². The van der Waals surface area contributed by atoms with Crippen LogP contribution in [0.1, 0.15) is 41.5 Å². The number of sulfone groups is 1. The van der Waals surface area contributed by atoms with E-state index in [4.69, 9.17) is 16.6 Å². The number of hydrogen-bond acceptors (Lipinski definition) is 5. The minimum Gasteiger partial charge on any atom is -0.392 e. The highest BCUT2D eigenvalue weighted by molar-refractivity contribution is 7.90. The number of rotatable bonds is 7. The van der Waals surface area contributed by atoms with E-state index in [1.165, 1.54) is 12.1 Å². The third-order valence-corrected chi connectivity index (χ3v) is 8.79. The van der Waals surface area contributed by atoms with E-state index in [0.29, 0.717) is 27.9 Å². The Labute approximate surface area is 242 Å². The van der Waals surface area contributed by atoms with E-state index in [9.17, 15) is 13.5 Å². The van der Waals surface area contributed by atoms with Crippen molar-refractivity contribution < 1.29 is 17.9 Å². The van der Waals surface area contributed by atoms with Crippen LogP contribution in [0, 0.1) is 19.7 Å². The van der Waals surface area contributed by atoms with E-state index in [1.807, 2.05) is 71.6 Å². The lowest BCUT2D eigenvalue weighted by molar-refractivity contribution is 0.272. The Morgan fingerprint density at radius 3 is 2.32 bits per heavy atom. The van der Waals surface area contributed by atoms with Crippen LogP contribution in [0.2, 0.25) is 5.02 Å². The number of hydrogen-bond donors (Lipinski definition) is 1. The van der Waals surface area contributed by atoms with Gasteiger partial charge in [0.1, 0.15) is 17.5 Å². The molecular weight excluding hydrogens is 563 g/mol. The summed E-state index contributed by atoms with van der Waals surface area (Å²) < 4.78 is 44.1. The molecule has 1 saturated carbocycles. The first-order chi connectivity index (χ1) is 19.5. The Morgan fingerprint density at radius 2 is 1.71 bits per heavy atom. The predicted octanol–water partition coefficient (Wildman–Crippen LogP) is 6.57. The van der Waals surface area contributed by atoms with Crippen LogP contribution < -0.4 is 0 Å². The summed E-state index contributed by atoms with van der Waals surface area (Å²) in [4.78, 5) is 9.44. The third-order valence-electron chi connectivity index (χ3n) is 7.37. The molecule has 0 spiro atoms. The Bertz CT molecular complexity index is 1910. The second-order valence-electron chi connectivity index (χ2n) is 10.5. The molecule has 10 heteroatoms. The van der Waals surface area contributed by atoms with Gasteiger partial charge in [-0.2, -0.15) is 0 Å². The molecule has 210 valence electrons. The molecule has 7 nitrogen and oxygen atoms in total. The average molecular weight is 591 g/mol. The quantitative estimate of drug-likeness (QED) is 0.231. The van der Waals surface area contributed by atoms with Crippen molar-refractivity contribution >= 4 is 21.4 Å². The molecule has 2 heterocycles. The van der Waals surface area contributed by atoms with Crippen LogP contribution in [0.3, 0.4) is 0 Å². The Kier molecular flexibility index (Phi) is 6.84. The summed E-state index contributed by atoms with van der Waals surface area (Å²) in [5.41, 5.74) is 5.05. The van der Waals surface area contributed by atoms with Crippen LogP contribution in [0.15, 0.2) is 71.9 Å². The van der Waals surface area contributed by atoms with E-state index in [1.54, 1.807) is 0 Å². The number of aliphatic hydroxyl groups excluding tert-OH is 1. The standard InChI is InChI=1S/C31H28ClFN4O3S/c1-18-15-36(19(2)34-18)29-11-6-21(22-13-27(33)26(17-38)30(14-22)41(3,39)40)12-25(29)31-35-28(20-4-5-20)16-37(31)24-9-7-23(32)8-10-24/h6-16,20,38H,4-5,17H2,1-3H3. The van der Waals surface area contributed by atoms with Gasteiger partial charge >= 0.3 is 0 Å². The minimum absolute atomic E-state index is 0.236. The van der Waals surface area contributed by atoms with E-state index >= 15 is 4.39 Å². The molecule has 1 N–H and O–H groups in total. The van der Waals surface area contributed by atoms with Crippen molar-refractivity contribution in [1.29, 1.82) is 0 Å². The fraction of sp³-hybridized carbons (Fsp3) is 0.226. The van der Waals surface area contributed by atoms with E-state index in [-0.39, 0.29) is 10.5 Å². The van der Waals surface area contributed by atoms with Crippen LogP contribution >= 0.6 is 11.6 Å². The highest BCUT2D eigenvalue weighted by Crippen LogP contribution is 2.42. The fourth-order valence-corrected chi connectivity index (χ4v) is 6.27. The number of aliphatic hydroxyl groups is 1. The largest absolute Gasteiger partial charge is 0.392 e. The van der Waals surface area contributed by atoms with Crippen molar-refractivity contribution in [3.05, 3.63) is 101 Å². The van der Waals surface area contributed by atoms with E-state index < -0.39 is 22.3 Å². The maximum Gasteiger partial charge on any atom is 0.176 e. The lowest BCUT2D eigenvalue weighted by atomic mass is 9.99. The first kappa shape index (κ1) is 27.4. The second kappa shape index (κ2) is 10.2. The maximum atomic E-state index is 15.1. The Hall–Kier alpha value is -3.79. The van der Waals surface area contributed by atoms with Crippen LogP contribution in [-0.4, -0.2) is 38.9 Å². The van der Waals surface area contributed by atoms with Gasteiger partial charge in [-0.25, -0.2) is 22.8 Å². The molecule has 0 amide bonds. The topological polar surface area (TPSA) is 90.0 Å². The first-order valence-corrected chi connectivity index (χ1v) is 15.5. The van der Waals surface area contributed by atoms with Gasteiger partial charge in [-0.3, -0.25) is 4.57 Å². The molecule has 1 fully saturated rings. The maximum absolute atomic E-state index is 15.1. The highest BCUT2D eigenvalue weighted by atomic mass is 35.5. The lowest BCUT2D eigenvalue weighted by Crippen LogP contribution is -2.06. The number of nitrogens with zero attached hydrogens (tertiary/aromatic N) is 4.